The summed E-state index contributed by atoms with van der Waals surface area (Å²) < 4.78 is 31.7. The van der Waals surface area contributed by atoms with E-state index in [1.165, 1.54) is 24.3 Å². The van der Waals surface area contributed by atoms with E-state index >= 15 is 0 Å². The Hall–Kier alpha value is -2.38. The molecule has 1 amide bonds. The van der Waals surface area contributed by atoms with E-state index in [0.29, 0.717) is 18.7 Å². The number of nitrogens with zero attached hydrogens (tertiary/aromatic N) is 1. The minimum absolute atomic E-state index is 0.138. The first-order chi connectivity index (χ1) is 12.3. The smallest absolute Gasteiger partial charge is 0.253 e. The molecular formula is C19H24N2O4S. The van der Waals surface area contributed by atoms with Gasteiger partial charge in [-0.3, -0.25) is 4.79 Å². The minimum Gasteiger partial charge on any atom is -0.496 e. The lowest BCUT2D eigenvalue weighted by Crippen LogP contribution is -2.27. The standard InChI is InChI=1S/C19H24N2O4S/c1-5-20-26(23,24)17-9-7-15(8-10-17)19(22)21(3)13-16-12-14(2)6-11-18(16)25-4/h6-12,20H,5,13H2,1-4H3. The largest absolute Gasteiger partial charge is 0.496 e. The summed E-state index contributed by atoms with van der Waals surface area (Å²) in [7, 11) is -0.228. The molecule has 0 bridgehead atoms. The number of nitrogens with one attached hydrogen (secondary N) is 1. The van der Waals surface area contributed by atoms with E-state index in [9.17, 15) is 13.2 Å². The van der Waals surface area contributed by atoms with Crippen LogP contribution in [0.1, 0.15) is 28.4 Å². The molecule has 0 fully saturated rings. The van der Waals surface area contributed by atoms with Crippen molar-refractivity contribution in [2.75, 3.05) is 20.7 Å². The van der Waals surface area contributed by atoms with Gasteiger partial charge in [-0.05, 0) is 37.3 Å². The number of carbonyl (C=O) groups is 1. The Morgan fingerprint density at radius 2 is 1.81 bits per heavy atom. The number of carbonyl (C=O) groups excluding carboxylic acids is 1. The summed E-state index contributed by atoms with van der Waals surface area (Å²) in [6, 6.07) is 11.7. The number of sulfonamides is 1. The summed E-state index contributed by atoms with van der Waals surface area (Å²) in [5, 5.41) is 0. The summed E-state index contributed by atoms with van der Waals surface area (Å²) in [6.07, 6.45) is 0. The van der Waals surface area contributed by atoms with Crippen molar-refractivity contribution in [1.82, 2.24) is 9.62 Å². The minimum atomic E-state index is -3.53. The van der Waals surface area contributed by atoms with Gasteiger partial charge >= 0.3 is 0 Å². The Labute approximate surface area is 154 Å². The lowest BCUT2D eigenvalue weighted by Gasteiger charge is -2.19. The van der Waals surface area contributed by atoms with E-state index in [-0.39, 0.29) is 10.8 Å². The second kappa shape index (κ2) is 8.33. The van der Waals surface area contributed by atoms with Crippen molar-refractivity contribution in [2.24, 2.45) is 0 Å². The second-order valence-corrected chi connectivity index (χ2v) is 7.77. The van der Waals surface area contributed by atoms with E-state index in [1.54, 1.807) is 26.0 Å². The molecule has 2 rings (SSSR count). The van der Waals surface area contributed by atoms with Crippen molar-refractivity contribution in [3.05, 3.63) is 59.2 Å². The molecule has 2 aromatic carbocycles. The third-order valence-corrected chi connectivity index (χ3v) is 5.50. The van der Waals surface area contributed by atoms with Crippen LogP contribution in [0.5, 0.6) is 5.75 Å². The van der Waals surface area contributed by atoms with Crippen molar-refractivity contribution >= 4 is 15.9 Å². The number of aryl methyl sites for hydroxylation is 1. The average molecular weight is 376 g/mol. The third-order valence-electron chi connectivity index (χ3n) is 3.94. The van der Waals surface area contributed by atoms with Crippen LogP contribution in [0.4, 0.5) is 0 Å². The van der Waals surface area contributed by atoms with Crippen molar-refractivity contribution < 1.29 is 17.9 Å². The molecular weight excluding hydrogens is 352 g/mol. The highest BCUT2D eigenvalue weighted by molar-refractivity contribution is 7.89. The van der Waals surface area contributed by atoms with Crippen molar-refractivity contribution in [1.29, 1.82) is 0 Å². The van der Waals surface area contributed by atoms with Gasteiger partial charge in [-0.1, -0.05) is 24.6 Å². The van der Waals surface area contributed by atoms with E-state index < -0.39 is 10.0 Å². The fourth-order valence-electron chi connectivity index (χ4n) is 2.63. The quantitative estimate of drug-likeness (QED) is 0.806. The van der Waals surface area contributed by atoms with Gasteiger partial charge in [0.2, 0.25) is 10.0 Å². The highest BCUT2D eigenvalue weighted by atomic mass is 32.2. The summed E-state index contributed by atoms with van der Waals surface area (Å²) >= 11 is 0. The first-order valence-corrected chi connectivity index (χ1v) is 9.75. The van der Waals surface area contributed by atoms with Crippen LogP contribution in [0.2, 0.25) is 0 Å². The molecule has 7 heteroatoms. The van der Waals surface area contributed by atoms with Crippen LogP contribution in [0.3, 0.4) is 0 Å². The molecule has 1 N–H and O–H groups in total. The zero-order valence-electron chi connectivity index (χ0n) is 15.4. The number of ether oxygens (including phenoxy) is 1. The third kappa shape index (κ3) is 4.62. The highest BCUT2D eigenvalue weighted by Crippen LogP contribution is 2.22. The van der Waals surface area contributed by atoms with Gasteiger partial charge in [0.05, 0.1) is 12.0 Å². The molecule has 0 unspecified atom stereocenters. The molecule has 0 heterocycles. The van der Waals surface area contributed by atoms with Gasteiger partial charge in [-0.15, -0.1) is 0 Å². The van der Waals surface area contributed by atoms with Gasteiger partial charge in [-0.25, -0.2) is 13.1 Å². The molecule has 0 radical (unpaired) electrons. The maximum atomic E-state index is 12.6. The Morgan fingerprint density at radius 1 is 1.15 bits per heavy atom. The Morgan fingerprint density at radius 3 is 2.38 bits per heavy atom. The Bertz CT molecular complexity index is 877. The molecule has 6 nitrogen and oxygen atoms in total. The molecule has 0 aliphatic heterocycles. The van der Waals surface area contributed by atoms with Crippen LogP contribution in [-0.4, -0.2) is 39.9 Å². The number of amides is 1. The number of benzene rings is 2. The molecule has 2 aromatic rings. The van der Waals surface area contributed by atoms with Gasteiger partial charge in [0.25, 0.3) is 5.91 Å². The molecule has 26 heavy (non-hydrogen) atoms. The predicted molar refractivity (Wildman–Crippen MR) is 101 cm³/mol. The van der Waals surface area contributed by atoms with Crippen LogP contribution in [0.25, 0.3) is 0 Å². The summed E-state index contributed by atoms with van der Waals surface area (Å²) in [5.74, 6) is 0.531. The molecule has 0 saturated heterocycles. The fourth-order valence-corrected chi connectivity index (χ4v) is 3.67. The number of hydrogen-bond donors (Lipinski definition) is 1. The fraction of sp³-hybridized carbons (Fsp3) is 0.316. The van der Waals surface area contributed by atoms with Crippen molar-refractivity contribution in [2.45, 2.75) is 25.3 Å². The maximum Gasteiger partial charge on any atom is 0.253 e. The molecule has 0 aromatic heterocycles. The monoisotopic (exact) mass is 376 g/mol. The first kappa shape index (κ1) is 19.9. The predicted octanol–water partition coefficient (Wildman–Crippen LogP) is 2.57. The number of methoxy groups -OCH3 is 1. The summed E-state index contributed by atoms with van der Waals surface area (Å²) in [5.41, 5.74) is 2.42. The van der Waals surface area contributed by atoms with Gasteiger partial charge in [0.15, 0.2) is 0 Å². The summed E-state index contributed by atoms with van der Waals surface area (Å²) in [4.78, 5) is 14.4. The molecule has 140 valence electrons. The van der Waals surface area contributed by atoms with Gasteiger partial charge in [0.1, 0.15) is 5.75 Å². The van der Waals surface area contributed by atoms with E-state index in [2.05, 4.69) is 4.72 Å². The molecule has 0 aliphatic rings. The SMILES string of the molecule is CCNS(=O)(=O)c1ccc(C(=O)N(C)Cc2cc(C)ccc2OC)cc1. The maximum absolute atomic E-state index is 12.6. The van der Waals surface area contributed by atoms with Crippen molar-refractivity contribution in [3.63, 3.8) is 0 Å². The molecule has 0 spiro atoms. The molecule has 0 saturated carbocycles. The van der Waals surface area contributed by atoms with Crippen LogP contribution >= 0.6 is 0 Å². The molecule has 0 atom stereocenters. The first-order valence-electron chi connectivity index (χ1n) is 8.27. The van der Waals surface area contributed by atoms with Crippen LogP contribution in [-0.2, 0) is 16.6 Å². The Kier molecular flexibility index (Phi) is 6.39. The van der Waals surface area contributed by atoms with Crippen LogP contribution < -0.4 is 9.46 Å². The van der Waals surface area contributed by atoms with Gasteiger partial charge in [0, 0.05) is 31.3 Å². The number of rotatable bonds is 7. The lowest BCUT2D eigenvalue weighted by molar-refractivity contribution is 0.0784. The normalized spacial score (nSPS) is 11.2. The lowest BCUT2D eigenvalue weighted by atomic mass is 10.1. The second-order valence-electron chi connectivity index (χ2n) is 6.00. The van der Waals surface area contributed by atoms with Gasteiger partial charge < -0.3 is 9.64 Å². The highest BCUT2D eigenvalue weighted by Gasteiger charge is 2.17. The van der Waals surface area contributed by atoms with E-state index in [4.69, 9.17) is 4.74 Å². The zero-order valence-corrected chi connectivity index (χ0v) is 16.3. The van der Waals surface area contributed by atoms with E-state index in [1.807, 2.05) is 25.1 Å². The average Bonchev–Trinajstić information content (AvgIpc) is 2.61. The van der Waals surface area contributed by atoms with Crippen LogP contribution in [0.15, 0.2) is 47.4 Å². The molecule has 0 aliphatic carbocycles. The zero-order chi connectivity index (χ0) is 19.3. The Balaban J connectivity index is 2.17. The van der Waals surface area contributed by atoms with E-state index in [0.717, 1.165) is 16.9 Å². The van der Waals surface area contributed by atoms with Gasteiger partial charge in [-0.2, -0.15) is 0 Å². The van der Waals surface area contributed by atoms with Crippen molar-refractivity contribution in [3.8, 4) is 5.75 Å². The topological polar surface area (TPSA) is 75.7 Å². The number of hydrogen-bond acceptors (Lipinski definition) is 4. The van der Waals surface area contributed by atoms with Crippen LogP contribution in [0, 0.1) is 6.92 Å². The summed E-state index contributed by atoms with van der Waals surface area (Å²) in [6.45, 7) is 4.39.